The van der Waals surface area contributed by atoms with Gasteiger partial charge in [0, 0.05) is 57.8 Å². The molecule has 1 aromatic heterocycles. The Labute approximate surface area is 242 Å². The van der Waals surface area contributed by atoms with Crippen LogP contribution >= 0.6 is 0 Å². The van der Waals surface area contributed by atoms with E-state index in [9.17, 15) is 29.4 Å². The smallest absolute Gasteiger partial charge is 0.336 e. The summed E-state index contributed by atoms with van der Waals surface area (Å²) in [5, 5.41) is 29.2. The number of rotatable bonds is 9. The summed E-state index contributed by atoms with van der Waals surface area (Å²) in [5.41, 5.74) is 10.3. The van der Waals surface area contributed by atoms with E-state index in [1.807, 2.05) is 0 Å². The zero-order valence-corrected chi connectivity index (χ0v) is 22.3. The van der Waals surface area contributed by atoms with Gasteiger partial charge in [-0.1, -0.05) is 5.11 Å². The average molecular weight is 579 g/mol. The summed E-state index contributed by atoms with van der Waals surface area (Å²) in [4.78, 5) is 56.5. The normalized spacial score (nSPS) is 10.7. The molecule has 3 aromatic rings. The number of pyridine rings is 1. The van der Waals surface area contributed by atoms with E-state index in [1.165, 1.54) is 54.7 Å². The maximum absolute atomic E-state index is 13.1. The highest BCUT2D eigenvalue weighted by Crippen LogP contribution is 2.42. The molecule has 13 heteroatoms. The number of nitrogens with one attached hydrogen (secondary N) is 2. The summed E-state index contributed by atoms with van der Waals surface area (Å²) < 4.78 is 5.84. The lowest BCUT2D eigenvalue weighted by Gasteiger charge is -2.17. The first-order valence-electron chi connectivity index (χ1n) is 12.8. The Morgan fingerprint density at radius 2 is 1.84 bits per heavy atom. The molecule has 0 atom stereocenters. The van der Waals surface area contributed by atoms with Crippen molar-refractivity contribution in [3.63, 3.8) is 0 Å². The van der Waals surface area contributed by atoms with Crippen molar-refractivity contribution in [3.05, 3.63) is 110 Å². The van der Waals surface area contributed by atoms with Gasteiger partial charge in [-0.25, -0.2) is 4.79 Å². The number of carboxylic acid groups (broad SMARTS) is 1. The lowest BCUT2D eigenvalue weighted by atomic mass is 9.89. The number of amides is 2. The van der Waals surface area contributed by atoms with Crippen LogP contribution in [0, 0.1) is 0 Å². The van der Waals surface area contributed by atoms with Crippen molar-refractivity contribution in [2.24, 2.45) is 5.11 Å². The van der Waals surface area contributed by atoms with Gasteiger partial charge in [-0.3, -0.25) is 19.4 Å². The van der Waals surface area contributed by atoms with Crippen LogP contribution in [-0.2, 0) is 11.3 Å². The molecule has 2 aliphatic rings. The Balaban J connectivity index is 1.39. The monoisotopic (exact) mass is 578 g/mol. The highest BCUT2D eigenvalue weighted by atomic mass is 16.4. The first-order valence-corrected chi connectivity index (χ1v) is 12.8. The Kier molecular flexibility index (Phi) is 7.99. The molecular formula is C30H22N6O7. The van der Waals surface area contributed by atoms with Crippen LogP contribution in [0.3, 0.4) is 0 Å². The summed E-state index contributed by atoms with van der Waals surface area (Å²) in [5.74, 6) is -2.06. The third-order valence-corrected chi connectivity index (χ3v) is 6.50. The molecule has 0 spiro atoms. The lowest BCUT2D eigenvalue weighted by Crippen LogP contribution is -2.27. The summed E-state index contributed by atoms with van der Waals surface area (Å²) in [6, 6.07) is 15.8. The third-order valence-electron chi connectivity index (χ3n) is 6.50. The van der Waals surface area contributed by atoms with Gasteiger partial charge in [-0.2, -0.15) is 0 Å². The Morgan fingerprint density at radius 3 is 2.58 bits per heavy atom. The number of aromatic nitrogens is 1. The van der Waals surface area contributed by atoms with Crippen LogP contribution in [-0.4, -0.2) is 39.5 Å². The minimum Gasteiger partial charge on any atom is -0.508 e. The Hall–Kier alpha value is -6.20. The number of benzene rings is 3. The maximum Gasteiger partial charge on any atom is 0.336 e. The van der Waals surface area contributed by atoms with Gasteiger partial charge in [0.25, 0.3) is 5.91 Å². The number of anilines is 1. The zero-order valence-electron chi connectivity index (χ0n) is 22.3. The highest BCUT2D eigenvalue weighted by Gasteiger charge is 2.23. The minimum atomic E-state index is -1.24. The van der Waals surface area contributed by atoms with Gasteiger partial charge in [0.1, 0.15) is 17.1 Å². The van der Waals surface area contributed by atoms with E-state index in [2.05, 4.69) is 25.6 Å². The van der Waals surface area contributed by atoms with E-state index in [4.69, 9.17) is 9.95 Å². The number of phenolic OH excluding ortho intramolecular Hbond substituents is 1. The second kappa shape index (κ2) is 12.1. The van der Waals surface area contributed by atoms with Crippen LogP contribution in [0.5, 0.6) is 5.75 Å². The summed E-state index contributed by atoms with van der Waals surface area (Å²) in [6.45, 7) is 0.0767. The molecule has 2 aromatic carbocycles. The molecule has 214 valence electrons. The van der Waals surface area contributed by atoms with Crippen molar-refractivity contribution in [1.82, 2.24) is 10.3 Å². The molecule has 13 nitrogen and oxygen atoms in total. The van der Waals surface area contributed by atoms with Crippen LogP contribution < -0.4 is 16.1 Å². The molecule has 1 aliphatic heterocycles. The van der Waals surface area contributed by atoms with E-state index in [-0.39, 0.29) is 64.6 Å². The third kappa shape index (κ3) is 6.26. The molecule has 0 unspecified atom stereocenters. The molecule has 2 heterocycles. The van der Waals surface area contributed by atoms with E-state index >= 15 is 0 Å². The number of carboxylic acids is 1. The van der Waals surface area contributed by atoms with E-state index < -0.39 is 11.9 Å². The first kappa shape index (κ1) is 28.3. The van der Waals surface area contributed by atoms with Gasteiger partial charge in [0.15, 0.2) is 5.43 Å². The quantitative estimate of drug-likeness (QED) is 0.0813. The number of nitrogens with zero attached hydrogens (tertiary/aromatic N) is 4. The topological polar surface area (TPSA) is 208 Å². The largest absolute Gasteiger partial charge is 0.508 e. The first-order chi connectivity index (χ1) is 20.7. The van der Waals surface area contributed by atoms with Crippen molar-refractivity contribution in [2.45, 2.75) is 13.0 Å². The molecule has 2 amide bonds. The molecule has 1 aliphatic carbocycles. The van der Waals surface area contributed by atoms with Crippen LogP contribution in [0.25, 0.3) is 43.9 Å². The van der Waals surface area contributed by atoms with Crippen LogP contribution in [0.4, 0.5) is 5.69 Å². The predicted molar refractivity (Wildman–Crippen MR) is 156 cm³/mol. The van der Waals surface area contributed by atoms with Crippen molar-refractivity contribution in [1.29, 1.82) is 0 Å². The summed E-state index contributed by atoms with van der Waals surface area (Å²) in [7, 11) is 0. The van der Waals surface area contributed by atoms with Crippen LogP contribution in [0.2, 0.25) is 0 Å². The molecule has 0 radical (unpaired) electrons. The number of aromatic carboxylic acids is 1. The van der Waals surface area contributed by atoms with Crippen molar-refractivity contribution >= 4 is 34.4 Å². The number of hydrogen-bond acceptors (Lipinski definition) is 8. The minimum absolute atomic E-state index is 0.00922. The lowest BCUT2D eigenvalue weighted by molar-refractivity contribution is -0.116. The van der Waals surface area contributed by atoms with Gasteiger partial charge in [0.2, 0.25) is 5.91 Å². The number of azide groups is 1. The standard InChI is InChI=1S/C30H22N6O7/c31-36-34-15-17-2-3-18(14-33-17)35-27(39)9-10-32-29(40)16-1-6-21(30(41)42)24(11-16)28-22-7-4-19(37)12-25(22)43-26-13-20(38)5-8-23(26)28/h1-8,11-14,37H,9-10,15H2,(H,32,40)(H,35,39)(H,41,42). The fourth-order valence-corrected chi connectivity index (χ4v) is 4.54. The summed E-state index contributed by atoms with van der Waals surface area (Å²) in [6.07, 6.45) is 1.37. The second-order valence-corrected chi connectivity index (χ2v) is 9.36. The van der Waals surface area contributed by atoms with E-state index in [0.29, 0.717) is 27.9 Å². The van der Waals surface area contributed by atoms with Crippen LogP contribution in [0.1, 0.15) is 32.8 Å². The number of carbonyl (C=O) groups excluding carboxylic acids is 2. The molecule has 0 fully saturated rings. The number of carbonyl (C=O) groups is 3. The SMILES string of the molecule is [N-]=[N+]=NCc1ccc(NC(=O)CCNC(=O)c2ccc(C(=O)O)c(-c3c4ccc(=O)cc-4oc4cc(O)ccc34)c2)cn1. The Bertz CT molecular complexity index is 1960. The maximum atomic E-state index is 13.1. The molecule has 4 N–H and O–H groups in total. The highest BCUT2D eigenvalue weighted by molar-refractivity contribution is 6.09. The number of phenols is 1. The number of fused-ring (bicyclic) bond motifs is 2. The predicted octanol–water partition coefficient (Wildman–Crippen LogP) is 4.93. The molecule has 0 saturated carbocycles. The van der Waals surface area contributed by atoms with Gasteiger partial charge >= 0.3 is 5.97 Å². The van der Waals surface area contributed by atoms with Gasteiger partial charge in [0.05, 0.1) is 24.0 Å². The fraction of sp³-hybridized carbons (Fsp3) is 0.100. The summed E-state index contributed by atoms with van der Waals surface area (Å²) >= 11 is 0. The van der Waals surface area contributed by atoms with E-state index in [0.717, 1.165) is 0 Å². The van der Waals surface area contributed by atoms with Gasteiger partial charge in [-0.05, 0) is 65.7 Å². The van der Waals surface area contributed by atoms with Crippen molar-refractivity contribution in [2.75, 3.05) is 11.9 Å². The van der Waals surface area contributed by atoms with E-state index in [1.54, 1.807) is 18.2 Å². The van der Waals surface area contributed by atoms with Gasteiger partial charge in [-0.15, -0.1) is 0 Å². The van der Waals surface area contributed by atoms with Gasteiger partial charge < -0.3 is 25.3 Å². The molecule has 43 heavy (non-hydrogen) atoms. The molecule has 5 rings (SSSR count). The fourth-order valence-electron chi connectivity index (χ4n) is 4.54. The molecule has 0 saturated heterocycles. The molecular weight excluding hydrogens is 556 g/mol. The van der Waals surface area contributed by atoms with Crippen molar-refractivity contribution in [3.8, 4) is 28.2 Å². The zero-order chi connectivity index (χ0) is 30.5. The average Bonchev–Trinajstić information content (AvgIpc) is 2.99. The van der Waals surface area contributed by atoms with Crippen molar-refractivity contribution < 1.29 is 29.0 Å². The Morgan fingerprint density at radius 1 is 1.00 bits per heavy atom. The number of aromatic hydroxyl groups is 1. The number of hydrogen-bond donors (Lipinski definition) is 4. The molecule has 0 bridgehead atoms. The van der Waals surface area contributed by atoms with Crippen LogP contribution in [0.15, 0.2) is 87.3 Å². The second-order valence-electron chi connectivity index (χ2n) is 9.36.